The number of nitrogen functional groups attached to an aromatic ring is 1. The highest BCUT2D eigenvalue weighted by molar-refractivity contribution is 7.14. The minimum absolute atomic E-state index is 0. The van der Waals surface area contributed by atoms with Crippen LogP contribution in [0, 0.1) is 0 Å². The van der Waals surface area contributed by atoms with E-state index in [9.17, 15) is 4.79 Å². The molecule has 1 fully saturated rings. The van der Waals surface area contributed by atoms with Gasteiger partial charge in [-0.1, -0.05) is 19.6 Å². The SMILES string of the molecule is C.CN1CCC(c2ccc(C(=O)NCc3ccc4c(N)nccc4c3)s2)CC1. The number of hydrogen-bond acceptors (Lipinski definition) is 5. The van der Waals surface area contributed by atoms with Gasteiger partial charge in [0.05, 0.1) is 4.88 Å². The van der Waals surface area contributed by atoms with E-state index in [1.54, 1.807) is 17.5 Å². The second-order valence-corrected chi connectivity index (χ2v) is 8.33. The summed E-state index contributed by atoms with van der Waals surface area (Å²) in [6, 6.07) is 12.0. The number of rotatable bonds is 4. The molecule has 3 aromatic rings. The monoisotopic (exact) mass is 396 g/mol. The van der Waals surface area contributed by atoms with Crippen LogP contribution < -0.4 is 11.1 Å². The Morgan fingerprint density at radius 2 is 2.04 bits per heavy atom. The summed E-state index contributed by atoms with van der Waals surface area (Å²) in [6.45, 7) is 2.76. The van der Waals surface area contributed by atoms with E-state index in [1.807, 2.05) is 30.3 Å². The number of thiophene rings is 1. The van der Waals surface area contributed by atoms with Gasteiger partial charge in [0.1, 0.15) is 5.82 Å². The fourth-order valence-corrected chi connectivity index (χ4v) is 4.71. The van der Waals surface area contributed by atoms with Crippen molar-refractivity contribution in [3.8, 4) is 0 Å². The van der Waals surface area contributed by atoms with Crippen molar-refractivity contribution in [3.05, 3.63) is 57.9 Å². The van der Waals surface area contributed by atoms with Crippen LogP contribution in [0.5, 0.6) is 0 Å². The highest BCUT2D eigenvalue weighted by atomic mass is 32.1. The van der Waals surface area contributed by atoms with Crippen molar-refractivity contribution < 1.29 is 4.79 Å². The summed E-state index contributed by atoms with van der Waals surface area (Å²) >= 11 is 1.63. The van der Waals surface area contributed by atoms with Gasteiger partial charge in [-0.25, -0.2) is 4.98 Å². The number of carbonyl (C=O) groups is 1. The predicted molar refractivity (Wildman–Crippen MR) is 118 cm³/mol. The summed E-state index contributed by atoms with van der Waals surface area (Å²) in [5.41, 5.74) is 6.94. The van der Waals surface area contributed by atoms with Crippen LogP contribution >= 0.6 is 11.3 Å². The number of likely N-dealkylation sites (tertiary alicyclic amines) is 1. The molecule has 2 aromatic heterocycles. The van der Waals surface area contributed by atoms with Gasteiger partial charge in [-0.15, -0.1) is 11.3 Å². The van der Waals surface area contributed by atoms with E-state index in [1.165, 1.54) is 17.7 Å². The molecule has 1 aromatic carbocycles. The number of anilines is 1. The number of piperidine rings is 1. The third-order valence-corrected chi connectivity index (χ3v) is 6.53. The highest BCUT2D eigenvalue weighted by Gasteiger charge is 2.21. The largest absolute Gasteiger partial charge is 0.383 e. The maximum absolute atomic E-state index is 12.5. The molecule has 148 valence electrons. The number of aromatic nitrogens is 1. The number of amides is 1. The molecule has 0 bridgehead atoms. The molecule has 0 aliphatic carbocycles. The molecule has 1 saturated heterocycles. The molecule has 1 amide bonds. The number of hydrogen-bond donors (Lipinski definition) is 2. The van der Waals surface area contributed by atoms with Crippen molar-refractivity contribution in [1.82, 2.24) is 15.2 Å². The van der Waals surface area contributed by atoms with Crippen LogP contribution in [0.25, 0.3) is 10.8 Å². The second-order valence-electron chi connectivity index (χ2n) is 7.21. The van der Waals surface area contributed by atoms with Crippen molar-refractivity contribution in [3.63, 3.8) is 0 Å². The summed E-state index contributed by atoms with van der Waals surface area (Å²) in [5.74, 6) is 1.11. The van der Waals surface area contributed by atoms with Crippen LogP contribution in [0.1, 0.15) is 46.3 Å². The maximum atomic E-state index is 12.5. The standard InChI is InChI=1S/C21H24N4OS.CH4/c1-25-10-7-15(8-11-25)18-4-5-19(27-18)21(26)24-13-14-2-3-17-16(12-14)6-9-23-20(17)22;/h2-6,9,12,15H,7-8,10-11,13H2,1H3,(H2,22,23)(H,24,26);1H4. The summed E-state index contributed by atoms with van der Waals surface area (Å²) in [4.78, 5) is 21.1. The number of carbonyl (C=O) groups excluding carboxylic acids is 1. The van der Waals surface area contributed by atoms with Gasteiger partial charge in [-0.05, 0) is 74.1 Å². The molecule has 6 heteroatoms. The molecular weight excluding hydrogens is 368 g/mol. The minimum atomic E-state index is -0.00600. The molecular formula is C22H28N4OS. The zero-order valence-corrected chi connectivity index (χ0v) is 16.3. The summed E-state index contributed by atoms with van der Waals surface area (Å²) in [5, 5.41) is 5.01. The van der Waals surface area contributed by atoms with Crippen molar-refractivity contribution in [2.24, 2.45) is 0 Å². The van der Waals surface area contributed by atoms with Crippen LogP contribution in [0.2, 0.25) is 0 Å². The number of pyridine rings is 1. The highest BCUT2D eigenvalue weighted by Crippen LogP contribution is 2.32. The van der Waals surface area contributed by atoms with Gasteiger partial charge in [0, 0.05) is 23.0 Å². The second kappa shape index (κ2) is 8.71. The molecule has 5 nitrogen and oxygen atoms in total. The first kappa shape index (κ1) is 20.3. The molecule has 3 heterocycles. The van der Waals surface area contributed by atoms with Crippen LogP contribution in [0.4, 0.5) is 5.82 Å². The zero-order chi connectivity index (χ0) is 18.8. The van der Waals surface area contributed by atoms with Crippen molar-refractivity contribution in [2.75, 3.05) is 25.9 Å². The Morgan fingerprint density at radius 3 is 2.82 bits per heavy atom. The Labute approximate surface area is 170 Å². The average Bonchev–Trinajstić information content (AvgIpc) is 3.17. The molecule has 3 N–H and O–H groups in total. The van der Waals surface area contributed by atoms with Crippen LogP contribution in [0.15, 0.2) is 42.6 Å². The zero-order valence-electron chi connectivity index (χ0n) is 15.4. The third kappa shape index (κ3) is 4.34. The first-order chi connectivity index (χ1) is 13.1. The van der Waals surface area contributed by atoms with Gasteiger partial charge in [0.25, 0.3) is 5.91 Å². The van der Waals surface area contributed by atoms with Crippen LogP contribution in [0.3, 0.4) is 0 Å². The molecule has 0 radical (unpaired) electrons. The van der Waals surface area contributed by atoms with Crippen molar-refractivity contribution in [2.45, 2.75) is 32.7 Å². The van der Waals surface area contributed by atoms with E-state index in [-0.39, 0.29) is 13.3 Å². The molecule has 28 heavy (non-hydrogen) atoms. The summed E-state index contributed by atoms with van der Waals surface area (Å²) in [6.07, 6.45) is 4.05. The molecule has 0 saturated carbocycles. The van der Waals surface area contributed by atoms with Gasteiger partial charge in [-0.2, -0.15) is 0 Å². The number of benzene rings is 1. The van der Waals surface area contributed by atoms with E-state index >= 15 is 0 Å². The normalized spacial score (nSPS) is 15.3. The Bertz CT molecular complexity index is 960. The number of fused-ring (bicyclic) bond motifs is 1. The number of nitrogens with zero attached hydrogens (tertiary/aromatic N) is 2. The lowest BCUT2D eigenvalue weighted by atomic mass is 9.96. The molecule has 0 unspecified atom stereocenters. The summed E-state index contributed by atoms with van der Waals surface area (Å²) < 4.78 is 0. The van der Waals surface area contributed by atoms with E-state index in [2.05, 4.69) is 28.3 Å². The summed E-state index contributed by atoms with van der Waals surface area (Å²) in [7, 11) is 2.17. The van der Waals surface area contributed by atoms with Crippen LogP contribution in [-0.2, 0) is 6.54 Å². The fourth-order valence-electron chi connectivity index (χ4n) is 3.62. The lowest BCUT2D eigenvalue weighted by molar-refractivity contribution is 0.0955. The van der Waals surface area contributed by atoms with Gasteiger partial charge < -0.3 is 16.0 Å². The molecule has 4 rings (SSSR count). The van der Waals surface area contributed by atoms with Crippen LogP contribution in [-0.4, -0.2) is 35.9 Å². The van der Waals surface area contributed by atoms with Gasteiger partial charge in [-0.3, -0.25) is 4.79 Å². The minimum Gasteiger partial charge on any atom is -0.383 e. The van der Waals surface area contributed by atoms with E-state index < -0.39 is 0 Å². The van der Waals surface area contributed by atoms with E-state index in [0.29, 0.717) is 18.3 Å². The Hall–Kier alpha value is -2.44. The molecule has 1 aliphatic heterocycles. The van der Waals surface area contributed by atoms with Crippen molar-refractivity contribution >= 4 is 33.8 Å². The fraction of sp³-hybridized carbons (Fsp3) is 0.364. The lowest BCUT2D eigenvalue weighted by Gasteiger charge is -2.28. The third-order valence-electron chi connectivity index (χ3n) is 5.28. The predicted octanol–water partition coefficient (Wildman–Crippen LogP) is 4.25. The number of nitrogens with one attached hydrogen (secondary N) is 1. The maximum Gasteiger partial charge on any atom is 0.261 e. The first-order valence-electron chi connectivity index (χ1n) is 9.30. The topological polar surface area (TPSA) is 71.2 Å². The van der Waals surface area contributed by atoms with Gasteiger partial charge in [0.2, 0.25) is 0 Å². The Morgan fingerprint density at radius 1 is 1.25 bits per heavy atom. The first-order valence-corrected chi connectivity index (χ1v) is 10.1. The van der Waals surface area contributed by atoms with E-state index in [0.717, 1.165) is 34.3 Å². The average molecular weight is 397 g/mol. The lowest BCUT2D eigenvalue weighted by Crippen LogP contribution is -2.28. The van der Waals surface area contributed by atoms with E-state index in [4.69, 9.17) is 5.73 Å². The Kier molecular flexibility index (Phi) is 6.31. The van der Waals surface area contributed by atoms with Gasteiger partial charge in [0.15, 0.2) is 0 Å². The number of nitrogens with two attached hydrogens (primary N) is 1. The van der Waals surface area contributed by atoms with Gasteiger partial charge >= 0.3 is 0 Å². The Balaban J connectivity index is 0.00000225. The molecule has 1 aliphatic rings. The molecule has 0 spiro atoms. The smallest absolute Gasteiger partial charge is 0.261 e. The quantitative estimate of drug-likeness (QED) is 0.691. The van der Waals surface area contributed by atoms with Crippen molar-refractivity contribution in [1.29, 1.82) is 0 Å². The molecule has 0 atom stereocenters.